The van der Waals surface area contributed by atoms with Crippen LogP contribution in [0.1, 0.15) is 12.8 Å². The lowest BCUT2D eigenvalue weighted by atomic mass is 10.2. The average Bonchev–Trinajstić information content (AvgIpc) is 3.21. The first-order chi connectivity index (χ1) is 12.5. The van der Waals surface area contributed by atoms with E-state index in [9.17, 15) is 13.6 Å². The molecule has 1 N–H and O–H groups in total. The maximum atomic E-state index is 13.8. The lowest BCUT2D eigenvalue weighted by Gasteiger charge is -2.25. The first kappa shape index (κ1) is 17.1. The van der Waals surface area contributed by atoms with E-state index < -0.39 is 11.6 Å². The minimum Gasteiger partial charge on any atom is -0.359 e. The number of carbonyl (C=O) groups is 1. The van der Waals surface area contributed by atoms with Crippen molar-refractivity contribution < 1.29 is 13.6 Å². The van der Waals surface area contributed by atoms with E-state index in [2.05, 4.69) is 15.3 Å². The van der Waals surface area contributed by atoms with Gasteiger partial charge in [0.2, 0.25) is 5.91 Å². The van der Waals surface area contributed by atoms with Gasteiger partial charge in [-0.05, 0) is 31.0 Å². The van der Waals surface area contributed by atoms with Crippen molar-refractivity contribution in [1.82, 2.24) is 9.97 Å². The highest BCUT2D eigenvalue weighted by molar-refractivity contribution is 7.22. The minimum absolute atomic E-state index is 0.0518. The van der Waals surface area contributed by atoms with Crippen LogP contribution in [0.4, 0.5) is 19.6 Å². The number of fused-ring (bicyclic) bond motifs is 1. The molecule has 1 aromatic carbocycles. The second kappa shape index (κ2) is 6.77. The zero-order chi connectivity index (χ0) is 18.3. The summed E-state index contributed by atoms with van der Waals surface area (Å²) >= 11 is 6.98. The fraction of sp³-hybridized carbons (Fsp3) is 0.235. The van der Waals surface area contributed by atoms with E-state index in [0.717, 1.165) is 36.1 Å². The average molecular weight is 395 g/mol. The molecule has 0 radical (unpaired) electrons. The molecule has 1 aliphatic heterocycles. The Hall–Kier alpha value is -2.32. The van der Waals surface area contributed by atoms with Crippen molar-refractivity contribution in [3.63, 3.8) is 0 Å². The number of pyridine rings is 1. The number of benzene rings is 1. The van der Waals surface area contributed by atoms with Gasteiger partial charge in [0.1, 0.15) is 22.5 Å². The van der Waals surface area contributed by atoms with Crippen LogP contribution in [-0.4, -0.2) is 28.5 Å². The van der Waals surface area contributed by atoms with Crippen LogP contribution in [0.2, 0.25) is 5.15 Å². The molecule has 1 unspecified atom stereocenters. The number of nitrogens with zero attached hydrogens (tertiary/aromatic N) is 3. The van der Waals surface area contributed by atoms with E-state index in [0.29, 0.717) is 16.3 Å². The molecular weight excluding hydrogens is 382 g/mol. The van der Waals surface area contributed by atoms with Crippen molar-refractivity contribution in [2.75, 3.05) is 16.8 Å². The lowest BCUT2D eigenvalue weighted by Crippen LogP contribution is -2.39. The monoisotopic (exact) mass is 394 g/mol. The Balaban J connectivity index is 1.56. The summed E-state index contributed by atoms with van der Waals surface area (Å²) in [5.41, 5.74) is 0.871. The Kier molecular flexibility index (Phi) is 4.46. The Labute approximate surface area is 156 Å². The van der Waals surface area contributed by atoms with Gasteiger partial charge in [-0.15, -0.1) is 0 Å². The molecule has 1 fully saturated rings. The zero-order valence-electron chi connectivity index (χ0n) is 13.4. The van der Waals surface area contributed by atoms with E-state index in [-0.39, 0.29) is 22.6 Å². The molecule has 0 spiro atoms. The van der Waals surface area contributed by atoms with E-state index in [1.165, 1.54) is 6.07 Å². The third kappa shape index (κ3) is 3.22. The molecule has 0 aliphatic carbocycles. The van der Waals surface area contributed by atoms with Crippen molar-refractivity contribution in [3.8, 4) is 0 Å². The summed E-state index contributed by atoms with van der Waals surface area (Å²) in [5.74, 6) is -1.66. The number of rotatable bonds is 3. The van der Waals surface area contributed by atoms with Crippen LogP contribution in [0.25, 0.3) is 10.2 Å². The molecule has 134 valence electrons. The standard InChI is InChI=1S/C17H13ClF2N4OS/c18-14-8-10(3-4-21-14)24-5-1-2-12(24)16(25)23-17-22-15-11(20)6-9(19)7-13(15)26-17/h3-4,6-8,12H,1-2,5H2,(H,22,23,25). The molecule has 1 amide bonds. The predicted octanol–water partition coefficient (Wildman–Crippen LogP) is 4.23. The van der Waals surface area contributed by atoms with Crippen LogP contribution in [0.15, 0.2) is 30.5 Å². The molecule has 26 heavy (non-hydrogen) atoms. The van der Waals surface area contributed by atoms with Crippen molar-refractivity contribution in [3.05, 3.63) is 47.2 Å². The van der Waals surface area contributed by atoms with Gasteiger partial charge in [-0.25, -0.2) is 18.7 Å². The van der Waals surface area contributed by atoms with Crippen LogP contribution >= 0.6 is 22.9 Å². The lowest BCUT2D eigenvalue weighted by molar-refractivity contribution is -0.117. The number of hydrogen-bond donors (Lipinski definition) is 1. The summed E-state index contributed by atoms with van der Waals surface area (Å²) in [7, 11) is 0. The van der Waals surface area contributed by atoms with Crippen LogP contribution in [0.3, 0.4) is 0 Å². The third-order valence-electron chi connectivity index (χ3n) is 4.24. The number of aromatic nitrogens is 2. The molecule has 4 rings (SSSR count). The predicted molar refractivity (Wildman–Crippen MR) is 97.8 cm³/mol. The normalized spacial score (nSPS) is 17.0. The summed E-state index contributed by atoms with van der Waals surface area (Å²) in [4.78, 5) is 22.7. The fourth-order valence-electron chi connectivity index (χ4n) is 3.12. The van der Waals surface area contributed by atoms with Crippen molar-refractivity contribution in [2.45, 2.75) is 18.9 Å². The van der Waals surface area contributed by atoms with Crippen LogP contribution in [0.5, 0.6) is 0 Å². The first-order valence-electron chi connectivity index (χ1n) is 7.96. The topological polar surface area (TPSA) is 58.1 Å². The van der Waals surface area contributed by atoms with Crippen molar-refractivity contribution >= 4 is 49.9 Å². The van der Waals surface area contributed by atoms with Gasteiger partial charge in [0.25, 0.3) is 0 Å². The molecular formula is C17H13ClF2N4OS. The second-order valence-corrected chi connectivity index (χ2v) is 7.35. The maximum absolute atomic E-state index is 13.8. The highest BCUT2D eigenvalue weighted by atomic mass is 35.5. The number of halogens is 3. The van der Waals surface area contributed by atoms with E-state index >= 15 is 0 Å². The van der Waals surface area contributed by atoms with Gasteiger partial charge < -0.3 is 10.2 Å². The summed E-state index contributed by atoms with van der Waals surface area (Å²) in [6.45, 7) is 0.720. The Morgan fingerprint density at radius 3 is 3.00 bits per heavy atom. The van der Waals surface area contributed by atoms with Gasteiger partial charge in [0.15, 0.2) is 10.9 Å². The van der Waals surface area contributed by atoms with Crippen LogP contribution in [-0.2, 0) is 4.79 Å². The fourth-order valence-corrected chi connectivity index (χ4v) is 4.19. The Bertz CT molecular complexity index is 996. The molecule has 3 aromatic rings. The molecule has 0 saturated carbocycles. The van der Waals surface area contributed by atoms with Gasteiger partial charge in [0.05, 0.1) is 4.70 Å². The Morgan fingerprint density at radius 1 is 1.35 bits per heavy atom. The number of thiazole rings is 1. The molecule has 1 aliphatic rings. The van der Waals surface area contributed by atoms with E-state index in [4.69, 9.17) is 11.6 Å². The number of amides is 1. The highest BCUT2D eigenvalue weighted by Crippen LogP contribution is 2.31. The van der Waals surface area contributed by atoms with Gasteiger partial charge >= 0.3 is 0 Å². The first-order valence-corrected chi connectivity index (χ1v) is 9.15. The van der Waals surface area contributed by atoms with Gasteiger partial charge in [-0.3, -0.25) is 4.79 Å². The van der Waals surface area contributed by atoms with Crippen molar-refractivity contribution in [1.29, 1.82) is 0 Å². The summed E-state index contributed by atoms with van der Waals surface area (Å²) in [5, 5.41) is 3.33. The highest BCUT2D eigenvalue weighted by Gasteiger charge is 2.31. The van der Waals surface area contributed by atoms with E-state index in [1.54, 1.807) is 18.3 Å². The summed E-state index contributed by atoms with van der Waals surface area (Å²) in [6, 6.07) is 5.10. The molecule has 1 saturated heterocycles. The summed E-state index contributed by atoms with van der Waals surface area (Å²) in [6.07, 6.45) is 3.13. The second-order valence-electron chi connectivity index (χ2n) is 5.93. The Morgan fingerprint density at radius 2 is 2.19 bits per heavy atom. The number of hydrogen-bond acceptors (Lipinski definition) is 5. The molecule has 1 atom stereocenters. The zero-order valence-corrected chi connectivity index (χ0v) is 14.9. The third-order valence-corrected chi connectivity index (χ3v) is 5.37. The SMILES string of the molecule is O=C(Nc1nc2c(F)cc(F)cc2s1)C1CCCN1c1ccnc(Cl)c1. The minimum atomic E-state index is -0.745. The largest absolute Gasteiger partial charge is 0.359 e. The molecule has 9 heteroatoms. The summed E-state index contributed by atoms with van der Waals surface area (Å²) < 4.78 is 27.4. The smallest absolute Gasteiger partial charge is 0.248 e. The number of carbonyl (C=O) groups excluding carboxylic acids is 1. The van der Waals surface area contributed by atoms with Crippen LogP contribution in [0, 0.1) is 11.6 Å². The van der Waals surface area contributed by atoms with Crippen molar-refractivity contribution in [2.24, 2.45) is 0 Å². The number of anilines is 2. The van der Waals surface area contributed by atoms with Gasteiger partial charge in [-0.1, -0.05) is 22.9 Å². The molecule has 3 heterocycles. The quantitative estimate of drug-likeness (QED) is 0.675. The van der Waals surface area contributed by atoms with Gasteiger partial charge in [-0.2, -0.15) is 0 Å². The molecule has 2 aromatic heterocycles. The van der Waals surface area contributed by atoms with Gasteiger partial charge in [0, 0.05) is 24.5 Å². The molecule has 5 nitrogen and oxygen atoms in total. The number of nitrogens with one attached hydrogen (secondary N) is 1. The maximum Gasteiger partial charge on any atom is 0.248 e. The van der Waals surface area contributed by atoms with E-state index in [1.807, 2.05) is 4.90 Å². The van der Waals surface area contributed by atoms with Crippen LogP contribution < -0.4 is 10.2 Å². The molecule has 0 bridgehead atoms.